The normalized spacial score (nSPS) is 11.6. The number of H-pyrrole nitrogens is 1. The van der Waals surface area contributed by atoms with Gasteiger partial charge in [0.1, 0.15) is 0 Å². The summed E-state index contributed by atoms with van der Waals surface area (Å²) >= 11 is 1.46. The minimum atomic E-state index is -0.295. The van der Waals surface area contributed by atoms with Crippen molar-refractivity contribution in [2.75, 3.05) is 13.2 Å². The molecule has 0 aliphatic heterocycles. The topological polar surface area (TPSA) is 113 Å². The Bertz CT molecular complexity index is 1090. The van der Waals surface area contributed by atoms with Crippen LogP contribution < -0.4 is 10.9 Å². The van der Waals surface area contributed by atoms with Crippen molar-refractivity contribution in [3.8, 4) is 0 Å². The molecule has 0 saturated carbocycles. The summed E-state index contributed by atoms with van der Waals surface area (Å²) in [5, 5.41) is 24.0. The zero-order chi connectivity index (χ0) is 21.3. The van der Waals surface area contributed by atoms with Crippen LogP contribution in [0, 0.1) is 13.8 Å². The molecule has 0 aromatic carbocycles. The number of fused-ring (bicyclic) bond motifs is 1. The van der Waals surface area contributed by atoms with Crippen LogP contribution in [0.3, 0.4) is 0 Å². The van der Waals surface area contributed by atoms with E-state index in [0.717, 1.165) is 32.2 Å². The molecule has 0 bridgehead atoms. The molecule has 0 aliphatic carbocycles. The molecule has 0 fully saturated rings. The highest BCUT2D eigenvalue weighted by Gasteiger charge is 2.26. The number of carbonyl (C=O) groups is 1. The third-order valence-corrected chi connectivity index (χ3v) is 6.20. The zero-order valence-corrected chi connectivity index (χ0v) is 18.2. The SMILES string of the molecule is Cc1n[nH]c(C)c1Cc1sc2c(C(C)C)nn(C)c(=O)c2c1C(=O)NCCCO. The third kappa shape index (κ3) is 3.97. The fraction of sp³-hybridized carbons (Fsp3) is 0.500. The Balaban J connectivity index is 2.24. The number of amides is 1. The first-order chi connectivity index (χ1) is 13.8. The van der Waals surface area contributed by atoms with Gasteiger partial charge in [-0.3, -0.25) is 14.7 Å². The maximum atomic E-state index is 13.1. The van der Waals surface area contributed by atoms with Crippen LogP contribution in [0.2, 0.25) is 0 Å². The number of aromatic amines is 1. The van der Waals surface area contributed by atoms with Gasteiger partial charge in [-0.15, -0.1) is 11.3 Å². The smallest absolute Gasteiger partial charge is 0.276 e. The van der Waals surface area contributed by atoms with Gasteiger partial charge < -0.3 is 10.4 Å². The predicted octanol–water partition coefficient (Wildman–Crippen LogP) is 2.16. The first-order valence-corrected chi connectivity index (χ1v) is 10.5. The van der Waals surface area contributed by atoms with E-state index in [1.54, 1.807) is 7.05 Å². The summed E-state index contributed by atoms with van der Waals surface area (Å²) < 4.78 is 2.08. The van der Waals surface area contributed by atoms with Crippen LogP contribution in [0.15, 0.2) is 4.79 Å². The number of nitrogens with one attached hydrogen (secondary N) is 2. The van der Waals surface area contributed by atoms with Crippen LogP contribution >= 0.6 is 11.3 Å². The van der Waals surface area contributed by atoms with Gasteiger partial charge in [0.15, 0.2) is 0 Å². The molecule has 8 nitrogen and oxygen atoms in total. The van der Waals surface area contributed by atoms with Gasteiger partial charge in [0.2, 0.25) is 0 Å². The third-order valence-electron chi connectivity index (χ3n) is 4.99. The van der Waals surface area contributed by atoms with Crippen molar-refractivity contribution >= 4 is 27.3 Å². The van der Waals surface area contributed by atoms with E-state index in [4.69, 9.17) is 5.11 Å². The average Bonchev–Trinajstić information content (AvgIpc) is 3.20. The van der Waals surface area contributed by atoms with Crippen LogP contribution in [0.5, 0.6) is 0 Å². The summed E-state index contributed by atoms with van der Waals surface area (Å²) in [6, 6.07) is 0. The lowest BCUT2D eigenvalue weighted by Crippen LogP contribution is -2.28. The summed E-state index contributed by atoms with van der Waals surface area (Å²) in [4.78, 5) is 26.9. The van der Waals surface area contributed by atoms with E-state index in [9.17, 15) is 9.59 Å². The molecule has 0 unspecified atom stereocenters. The molecule has 0 saturated heterocycles. The van der Waals surface area contributed by atoms with Crippen molar-refractivity contribution in [1.29, 1.82) is 0 Å². The molecule has 3 aromatic heterocycles. The van der Waals surface area contributed by atoms with Crippen molar-refractivity contribution in [2.24, 2.45) is 7.05 Å². The molecular formula is C20H27N5O3S. The second-order valence-corrected chi connectivity index (χ2v) is 8.60. The number of hydrogen-bond donors (Lipinski definition) is 3. The summed E-state index contributed by atoms with van der Waals surface area (Å²) in [6.45, 7) is 8.26. The molecule has 3 heterocycles. The molecule has 3 N–H and O–H groups in total. The van der Waals surface area contributed by atoms with Crippen LogP contribution in [0.25, 0.3) is 10.1 Å². The highest BCUT2D eigenvalue weighted by molar-refractivity contribution is 7.19. The van der Waals surface area contributed by atoms with Gasteiger partial charge in [-0.2, -0.15) is 10.2 Å². The summed E-state index contributed by atoms with van der Waals surface area (Å²) in [5.74, 6) is -0.185. The molecule has 29 heavy (non-hydrogen) atoms. The van der Waals surface area contributed by atoms with Gasteiger partial charge in [-0.05, 0) is 26.2 Å². The Morgan fingerprint density at radius 3 is 2.66 bits per heavy atom. The summed E-state index contributed by atoms with van der Waals surface area (Å²) in [7, 11) is 1.61. The van der Waals surface area contributed by atoms with Gasteiger partial charge in [-0.1, -0.05) is 13.8 Å². The van der Waals surface area contributed by atoms with Gasteiger partial charge in [0.25, 0.3) is 11.5 Å². The van der Waals surface area contributed by atoms with Crippen molar-refractivity contribution in [1.82, 2.24) is 25.3 Å². The Morgan fingerprint density at radius 2 is 2.07 bits per heavy atom. The van der Waals surface area contributed by atoms with Gasteiger partial charge in [0, 0.05) is 42.8 Å². The number of rotatable bonds is 7. The molecule has 0 aliphatic rings. The van der Waals surface area contributed by atoms with E-state index in [-0.39, 0.29) is 24.0 Å². The Labute approximate surface area is 173 Å². The second kappa shape index (κ2) is 8.46. The first kappa shape index (κ1) is 21.2. The average molecular weight is 418 g/mol. The van der Waals surface area contributed by atoms with Crippen molar-refractivity contribution in [2.45, 2.75) is 46.5 Å². The van der Waals surface area contributed by atoms with Crippen molar-refractivity contribution < 1.29 is 9.90 Å². The lowest BCUT2D eigenvalue weighted by molar-refractivity contribution is 0.0952. The molecule has 3 rings (SSSR count). The Kier molecular flexibility index (Phi) is 6.18. The van der Waals surface area contributed by atoms with Gasteiger partial charge in [0.05, 0.1) is 27.0 Å². The highest BCUT2D eigenvalue weighted by Crippen LogP contribution is 2.35. The van der Waals surface area contributed by atoms with E-state index < -0.39 is 0 Å². The second-order valence-electron chi connectivity index (χ2n) is 7.50. The minimum absolute atomic E-state index is 0.00584. The number of thiophene rings is 1. The Hall–Kier alpha value is -2.52. The maximum absolute atomic E-state index is 13.1. The number of aliphatic hydroxyl groups excluding tert-OH is 1. The van der Waals surface area contributed by atoms with Gasteiger partial charge in [-0.25, -0.2) is 4.68 Å². The fourth-order valence-electron chi connectivity index (χ4n) is 3.38. The Morgan fingerprint density at radius 1 is 1.34 bits per heavy atom. The van der Waals surface area contributed by atoms with Crippen LogP contribution in [0.4, 0.5) is 0 Å². The van der Waals surface area contributed by atoms with E-state index in [2.05, 4.69) is 20.6 Å². The van der Waals surface area contributed by atoms with Crippen LogP contribution in [0.1, 0.15) is 64.1 Å². The van der Waals surface area contributed by atoms with E-state index in [1.165, 1.54) is 16.0 Å². The van der Waals surface area contributed by atoms with Crippen LogP contribution in [-0.4, -0.2) is 44.1 Å². The minimum Gasteiger partial charge on any atom is -0.396 e. The highest BCUT2D eigenvalue weighted by atomic mass is 32.1. The number of nitrogens with zero attached hydrogens (tertiary/aromatic N) is 3. The van der Waals surface area contributed by atoms with Crippen LogP contribution in [-0.2, 0) is 13.5 Å². The number of aliphatic hydroxyl groups is 1. The molecule has 0 spiro atoms. The molecular weight excluding hydrogens is 390 g/mol. The lowest BCUT2D eigenvalue weighted by atomic mass is 10.0. The zero-order valence-electron chi connectivity index (χ0n) is 17.4. The van der Waals surface area contributed by atoms with E-state index in [0.29, 0.717) is 30.3 Å². The summed E-state index contributed by atoms with van der Waals surface area (Å²) in [6.07, 6.45) is 0.969. The molecule has 0 atom stereocenters. The molecule has 0 radical (unpaired) electrons. The quantitative estimate of drug-likeness (QED) is 0.510. The fourth-order valence-corrected chi connectivity index (χ4v) is 4.82. The number of carbonyl (C=O) groups excluding carboxylic acids is 1. The number of hydrogen-bond acceptors (Lipinski definition) is 6. The van der Waals surface area contributed by atoms with E-state index >= 15 is 0 Å². The molecule has 1 amide bonds. The number of aryl methyl sites for hydroxylation is 3. The monoisotopic (exact) mass is 417 g/mol. The van der Waals surface area contributed by atoms with Gasteiger partial charge >= 0.3 is 0 Å². The number of aromatic nitrogens is 4. The lowest BCUT2D eigenvalue weighted by Gasteiger charge is -2.09. The maximum Gasteiger partial charge on any atom is 0.276 e. The van der Waals surface area contributed by atoms with E-state index in [1.807, 2.05) is 27.7 Å². The molecule has 156 valence electrons. The van der Waals surface area contributed by atoms with Crippen molar-refractivity contribution in [3.05, 3.63) is 43.4 Å². The molecule has 3 aromatic rings. The predicted molar refractivity (Wildman–Crippen MR) is 114 cm³/mol. The summed E-state index contributed by atoms with van der Waals surface area (Å²) in [5.41, 5.74) is 3.79. The van der Waals surface area contributed by atoms with Crippen molar-refractivity contribution in [3.63, 3.8) is 0 Å². The standard InChI is InChI=1S/C20H27N5O3S/c1-10(2)17-18-16(20(28)25(5)24-17)15(19(27)21-7-6-8-26)14(29-18)9-13-11(3)22-23-12(13)4/h10,26H,6-9H2,1-5H3,(H,21,27)(H,22,23). The largest absolute Gasteiger partial charge is 0.396 e. The molecule has 9 heteroatoms. The first-order valence-electron chi connectivity index (χ1n) is 9.68.